The summed E-state index contributed by atoms with van der Waals surface area (Å²) in [5.74, 6) is -2.22. The number of ether oxygens (including phenoxy) is 4. The van der Waals surface area contributed by atoms with Crippen LogP contribution in [-0.4, -0.2) is 107 Å². The van der Waals surface area contributed by atoms with E-state index in [0.29, 0.717) is 32.7 Å². The molecule has 0 aromatic carbocycles. The summed E-state index contributed by atoms with van der Waals surface area (Å²) in [6.07, 6.45) is 0.769. The lowest BCUT2D eigenvalue weighted by molar-refractivity contribution is -0.142. The summed E-state index contributed by atoms with van der Waals surface area (Å²) in [5.41, 5.74) is 0. The molecule has 13 nitrogen and oxygen atoms in total. The second-order valence-corrected chi connectivity index (χ2v) is 6.57. The van der Waals surface area contributed by atoms with Crippen molar-refractivity contribution in [2.45, 2.75) is 32.2 Å². The van der Waals surface area contributed by atoms with Crippen LogP contribution in [0.25, 0.3) is 0 Å². The zero-order valence-electron chi connectivity index (χ0n) is 19.0. The highest BCUT2D eigenvalue weighted by Gasteiger charge is 2.20. The first kappa shape index (κ1) is 30.4. The number of rotatable bonds is 22. The Labute approximate surface area is 192 Å². The van der Waals surface area contributed by atoms with E-state index in [4.69, 9.17) is 24.1 Å². The maximum absolute atomic E-state index is 11.8. The van der Waals surface area contributed by atoms with Crippen LogP contribution in [0.5, 0.6) is 0 Å². The number of nitrogens with one attached hydrogen (secondary N) is 3. The molecular weight excluding hydrogens is 442 g/mol. The van der Waals surface area contributed by atoms with E-state index in [1.165, 1.54) is 0 Å². The van der Waals surface area contributed by atoms with Crippen LogP contribution in [0.1, 0.15) is 26.2 Å². The van der Waals surface area contributed by atoms with Gasteiger partial charge in [-0.1, -0.05) is 6.92 Å². The van der Waals surface area contributed by atoms with Crippen molar-refractivity contribution in [2.24, 2.45) is 0 Å². The van der Waals surface area contributed by atoms with Gasteiger partial charge in [-0.05, 0) is 6.42 Å². The van der Waals surface area contributed by atoms with Gasteiger partial charge < -0.3 is 44.8 Å². The second kappa shape index (κ2) is 21.2. The summed E-state index contributed by atoms with van der Waals surface area (Å²) >= 11 is 0. The number of carbonyl (C=O) groups is 5. The van der Waals surface area contributed by atoms with Gasteiger partial charge in [-0.15, -0.1) is 0 Å². The Hall–Kier alpha value is -2.61. The molecule has 1 atom stereocenters. The molecule has 0 bridgehead atoms. The highest BCUT2D eigenvalue weighted by molar-refractivity contribution is 5.84. The van der Waals surface area contributed by atoms with Gasteiger partial charge in [-0.3, -0.25) is 14.4 Å². The quantitative estimate of drug-likeness (QED) is 0.103. The normalized spacial score (nSPS) is 11.4. The average Bonchev–Trinajstić information content (AvgIpc) is 2.79. The molecule has 0 saturated heterocycles. The van der Waals surface area contributed by atoms with Crippen LogP contribution in [0.3, 0.4) is 0 Å². The number of aldehydes is 1. The zero-order valence-corrected chi connectivity index (χ0v) is 19.0. The van der Waals surface area contributed by atoms with Crippen molar-refractivity contribution in [1.82, 2.24) is 16.0 Å². The number of aliphatic carboxylic acids is 1. The number of carboxylic acid groups (broad SMARTS) is 1. The predicted octanol–water partition coefficient (Wildman–Crippen LogP) is -1.76. The van der Waals surface area contributed by atoms with E-state index in [1.807, 2.05) is 0 Å². The number of hydrogen-bond donors (Lipinski definition) is 4. The van der Waals surface area contributed by atoms with Gasteiger partial charge in [0, 0.05) is 25.9 Å². The van der Waals surface area contributed by atoms with Crippen molar-refractivity contribution in [3.05, 3.63) is 0 Å². The summed E-state index contributed by atoms with van der Waals surface area (Å²) in [6.45, 7) is 3.69. The van der Waals surface area contributed by atoms with Crippen molar-refractivity contribution < 1.29 is 48.0 Å². The van der Waals surface area contributed by atoms with E-state index < -0.39 is 12.0 Å². The van der Waals surface area contributed by atoms with Crippen LogP contribution in [-0.2, 0) is 42.9 Å². The third kappa shape index (κ3) is 19.8. The smallest absolute Gasteiger partial charge is 0.326 e. The van der Waals surface area contributed by atoms with Gasteiger partial charge in [0.1, 0.15) is 25.5 Å². The molecule has 0 aliphatic rings. The lowest BCUT2D eigenvalue weighted by Crippen LogP contribution is -2.41. The molecule has 13 heteroatoms. The third-order valence-electron chi connectivity index (χ3n) is 3.91. The molecule has 190 valence electrons. The van der Waals surface area contributed by atoms with Gasteiger partial charge in [0.05, 0.1) is 39.6 Å². The van der Waals surface area contributed by atoms with Gasteiger partial charge >= 0.3 is 5.97 Å². The van der Waals surface area contributed by atoms with E-state index in [9.17, 15) is 24.0 Å². The fourth-order valence-electron chi connectivity index (χ4n) is 2.23. The van der Waals surface area contributed by atoms with E-state index in [2.05, 4.69) is 16.0 Å². The molecule has 0 aromatic rings. The van der Waals surface area contributed by atoms with Crippen molar-refractivity contribution in [2.75, 3.05) is 65.9 Å². The standard InChI is InChI=1S/C20H35N3O10/c1-2-17(25)23-16(20(28)29)3-4-18(26)21-5-8-31-13-14-33-15-19(27)22-6-9-30-11-12-32-10-7-24/h7,16H,2-6,8-15H2,1H3,(H,21,26)(H,22,27)(H,23,25)(H,28,29). The van der Waals surface area contributed by atoms with Crippen molar-refractivity contribution in [1.29, 1.82) is 0 Å². The average molecular weight is 478 g/mol. The van der Waals surface area contributed by atoms with Crippen LogP contribution < -0.4 is 16.0 Å². The number of amides is 3. The molecule has 0 fully saturated rings. The van der Waals surface area contributed by atoms with Crippen molar-refractivity contribution in [3.8, 4) is 0 Å². The minimum absolute atomic E-state index is 0.00832. The first-order valence-corrected chi connectivity index (χ1v) is 10.7. The molecule has 0 aliphatic heterocycles. The van der Waals surface area contributed by atoms with Crippen LogP contribution in [0.2, 0.25) is 0 Å². The maximum Gasteiger partial charge on any atom is 0.326 e. The third-order valence-corrected chi connectivity index (χ3v) is 3.91. The van der Waals surface area contributed by atoms with Crippen molar-refractivity contribution >= 4 is 30.0 Å². The molecule has 1 unspecified atom stereocenters. The maximum atomic E-state index is 11.8. The van der Waals surface area contributed by atoms with Crippen LogP contribution in [0, 0.1) is 0 Å². The van der Waals surface area contributed by atoms with Gasteiger partial charge in [0.15, 0.2) is 0 Å². The van der Waals surface area contributed by atoms with Crippen LogP contribution >= 0.6 is 0 Å². The Morgan fingerprint density at radius 2 is 1.39 bits per heavy atom. The molecule has 0 saturated carbocycles. The molecule has 33 heavy (non-hydrogen) atoms. The first-order valence-electron chi connectivity index (χ1n) is 10.7. The molecule has 3 amide bonds. The predicted molar refractivity (Wildman–Crippen MR) is 114 cm³/mol. The monoisotopic (exact) mass is 477 g/mol. The fourth-order valence-corrected chi connectivity index (χ4v) is 2.23. The Morgan fingerprint density at radius 3 is 1.97 bits per heavy atom. The molecule has 0 aromatic heterocycles. The van der Waals surface area contributed by atoms with Gasteiger partial charge in [0.2, 0.25) is 17.7 Å². The Morgan fingerprint density at radius 1 is 0.818 bits per heavy atom. The second-order valence-electron chi connectivity index (χ2n) is 6.57. The molecule has 0 aliphatic carbocycles. The number of carboxylic acids is 1. The van der Waals surface area contributed by atoms with E-state index in [0.717, 1.165) is 0 Å². The summed E-state index contributed by atoms with van der Waals surface area (Å²) in [7, 11) is 0. The molecule has 0 heterocycles. The van der Waals surface area contributed by atoms with E-state index >= 15 is 0 Å². The summed E-state index contributed by atoms with van der Waals surface area (Å²) in [6, 6.07) is -1.10. The van der Waals surface area contributed by atoms with E-state index in [1.54, 1.807) is 6.92 Å². The minimum Gasteiger partial charge on any atom is -0.480 e. The largest absolute Gasteiger partial charge is 0.480 e. The van der Waals surface area contributed by atoms with Crippen molar-refractivity contribution in [3.63, 3.8) is 0 Å². The van der Waals surface area contributed by atoms with Gasteiger partial charge in [-0.25, -0.2) is 4.79 Å². The van der Waals surface area contributed by atoms with E-state index in [-0.39, 0.29) is 76.6 Å². The minimum atomic E-state index is -1.19. The molecule has 4 N–H and O–H groups in total. The first-order chi connectivity index (χ1) is 15.9. The fraction of sp³-hybridized carbons (Fsp3) is 0.750. The number of carbonyl (C=O) groups excluding carboxylic acids is 4. The molecular formula is C20H35N3O10. The summed E-state index contributed by atoms with van der Waals surface area (Å²) in [5, 5.41) is 16.6. The number of hydrogen-bond acceptors (Lipinski definition) is 9. The summed E-state index contributed by atoms with van der Waals surface area (Å²) < 4.78 is 20.5. The lowest BCUT2D eigenvalue weighted by atomic mass is 10.1. The van der Waals surface area contributed by atoms with Gasteiger partial charge in [0.25, 0.3) is 0 Å². The highest BCUT2D eigenvalue weighted by atomic mass is 16.5. The Bertz CT molecular complexity index is 588. The Balaban J connectivity index is 3.56. The zero-order chi connectivity index (χ0) is 24.7. The van der Waals surface area contributed by atoms with Crippen LogP contribution in [0.4, 0.5) is 0 Å². The molecule has 0 radical (unpaired) electrons. The molecule has 0 rings (SSSR count). The SMILES string of the molecule is CCC(=O)NC(CCC(=O)NCCOCCOCC(=O)NCCOCCOCC=O)C(=O)O. The Kier molecular flexibility index (Phi) is 19.6. The topological polar surface area (TPSA) is 179 Å². The molecule has 0 spiro atoms. The van der Waals surface area contributed by atoms with Gasteiger partial charge in [-0.2, -0.15) is 0 Å². The highest BCUT2D eigenvalue weighted by Crippen LogP contribution is 1.99. The van der Waals surface area contributed by atoms with Crippen LogP contribution in [0.15, 0.2) is 0 Å². The lowest BCUT2D eigenvalue weighted by Gasteiger charge is -2.13. The summed E-state index contributed by atoms with van der Waals surface area (Å²) in [4.78, 5) is 55.7.